The average molecular weight is 358 g/mol. The van der Waals surface area contributed by atoms with Crippen LogP contribution in [0.2, 0.25) is 10.0 Å². The number of nitriles is 1. The molecule has 0 aliphatic heterocycles. The van der Waals surface area contributed by atoms with Gasteiger partial charge in [0.1, 0.15) is 5.82 Å². The van der Waals surface area contributed by atoms with Gasteiger partial charge in [0.15, 0.2) is 11.7 Å². The number of aromatic nitrogens is 2. The van der Waals surface area contributed by atoms with Gasteiger partial charge in [-0.3, -0.25) is 9.59 Å². The summed E-state index contributed by atoms with van der Waals surface area (Å²) in [6.07, 6.45) is 0. The summed E-state index contributed by atoms with van der Waals surface area (Å²) in [7, 11) is 0. The molecule has 0 bridgehead atoms. The third kappa shape index (κ3) is 2.90. The fraction of sp³-hybridized carbons (Fsp3) is 0.0588. The van der Waals surface area contributed by atoms with E-state index in [0.29, 0.717) is 15.9 Å². The van der Waals surface area contributed by atoms with E-state index in [4.69, 9.17) is 23.2 Å². The molecule has 3 rings (SSSR count). The Bertz CT molecular complexity index is 1050. The summed E-state index contributed by atoms with van der Waals surface area (Å²) >= 11 is 11.8. The Morgan fingerprint density at radius 3 is 2.67 bits per heavy atom. The number of halogens is 2. The molecule has 0 aliphatic carbocycles. The van der Waals surface area contributed by atoms with E-state index in [-0.39, 0.29) is 16.4 Å². The van der Waals surface area contributed by atoms with Crippen molar-refractivity contribution < 1.29 is 4.79 Å². The molecule has 1 atom stereocenters. The van der Waals surface area contributed by atoms with Crippen molar-refractivity contribution in [3.05, 3.63) is 74.3 Å². The predicted molar refractivity (Wildman–Crippen MR) is 91.5 cm³/mol. The second-order valence-corrected chi connectivity index (χ2v) is 5.86. The molecule has 0 spiro atoms. The number of nitrogens with zero attached hydrogens (tertiary/aromatic N) is 2. The molecule has 0 radical (unpaired) electrons. The van der Waals surface area contributed by atoms with Gasteiger partial charge in [-0.1, -0.05) is 35.3 Å². The number of aromatic amines is 1. The van der Waals surface area contributed by atoms with Crippen LogP contribution in [0.1, 0.15) is 22.1 Å². The van der Waals surface area contributed by atoms with E-state index in [9.17, 15) is 14.9 Å². The van der Waals surface area contributed by atoms with Crippen LogP contribution in [0, 0.1) is 11.3 Å². The summed E-state index contributed by atoms with van der Waals surface area (Å²) in [5, 5.41) is 10.3. The molecule has 5 nitrogen and oxygen atoms in total. The van der Waals surface area contributed by atoms with Crippen LogP contribution in [0.15, 0.2) is 47.3 Å². The molecule has 0 saturated carbocycles. The summed E-state index contributed by atoms with van der Waals surface area (Å²) in [5.41, 5.74) is 0.140. The average Bonchev–Trinajstić information content (AvgIpc) is 2.55. The zero-order valence-electron chi connectivity index (χ0n) is 12.1. The molecule has 7 heteroatoms. The van der Waals surface area contributed by atoms with Crippen molar-refractivity contribution in [3.63, 3.8) is 0 Å². The highest BCUT2D eigenvalue weighted by atomic mass is 35.5. The van der Waals surface area contributed by atoms with E-state index in [1.165, 1.54) is 18.2 Å². The summed E-state index contributed by atoms with van der Waals surface area (Å²) in [4.78, 5) is 31.5. The normalized spacial score (nSPS) is 11.9. The minimum atomic E-state index is -1.28. The Morgan fingerprint density at radius 2 is 1.96 bits per heavy atom. The van der Waals surface area contributed by atoms with Crippen LogP contribution < -0.4 is 5.56 Å². The van der Waals surface area contributed by atoms with Crippen molar-refractivity contribution in [2.75, 3.05) is 0 Å². The molecule has 118 valence electrons. The molecule has 1 N–H and O–H groups in total. The smallest absolute Gasteiger partial charge is 0.258 e. The fourth-order valence-electron chi connectivity index (χ4n) is 2.33. The van der Waals surface area contributed by atoms with Crippen LogP contribution >= 0.6 is 23.2 Å². The first-order valence-electron chi connectivity index (χ1n) is 6.89. The topological polar surface area (TPSA) is 86.6 Å². The minimum absolute atomic E-state index is 0.0165. The van der Waals surface area contributed by atoms with Gasteiger partial charge in [0, 0.05) is 10.6 Å². The third-order valence-corrected chi connectivity index (χ3v) is 4.04. The highest BCUT2D eigenvalue weighted by Gasteiger charge is 2.26. The van der Waals surface area contributed by atoms with E-state index < -0.39 is 17.3 Å². The maximum Gasteiger partial charge on any atom is 0.258 e. The highest BCUT2D eigenvalue weighted by molar-refractivity contribution is 6.37. The number of ketones is 1. The summed E-state index contributed by atoms with van der Waals surface area (Å²) in [5.74, 6) is -1.85. The molecule has 1 unspecified atom stereocenters. The van der Waals surface area contributed by atoms with Gasteiger partial charge in [-0.25, -0.2) is 4.98 Å². The summed E-state index contributed by atoms with van der Waals surface area (Å²) < 4.78 is 0. The van der Waals surface area contributed by atoms with Crippen molar-refractivity contribution in [2.45, 2.75) is 5.92 Å². The molecule has 2 aromatic carbocycles. The standard InChI is InChI=1S/C17H9Cl2N3O2/c18-9-5-6-10(13(19)7-9)15(23)12(8-20)16-21-14-4-2-1-3-11(14)17(24)22-16/h1-7,12H,(H,21,22,24). The summed E-state index contributed by atoms with van der Waals surface area (Å²) in [6, 6.07) is 12.9. The number of nitrogens with one attached hydrogen (secondary N) is 1. The number of Topliss-reactive ketones (excluding diaryl/α,β-unsaturated/α-hetero) is 1. The Kier molecular flexibility index (Phi) is 4.34. The first kappa shape index (κ1) is 16.2. The molecule has 1 heterocycles. The largest absolute Gasteiger partial charge is 0.308 e. The lowest BCUT2D eigenvalue weighted by Crippen LogP contribution is -2.20. The Morgan fingerprint density at radius 1 is 1.21 bits per heavy atom. The molecule has 0 saturated heterocycles. The van der Waals surface area contributed by atoms with Gasteiger partial charge in [-0.15, -0.1) is 0 Å². The number of rotatable bonds is 3. The Labute approximate surface area is 146 Å². The number of H-pyrrole nitrogens is 1. The quantitative estimate of drug-likeness (QED) is 0.723. The van der Waals surface area contributed by atoms with Crippen molar-refractivity contribution in [2.24, 2.45) is 0 Å². The van der Waals surface area contributed by atoms with Crippen LogP contribution in [0.5, 0.6) is 0 Å². The molecule has 1 aromatic heterocycles. The Hall–Kier alpha value is -2.68. The monoisotopic (exact) mass is 357 g/mol. The molecule has 24 heavy (non-hydrogen) atoms. The zero-order chi connectivity index (χ0) is 17.3. The molecule has 0 aliphatic rings. The van der Waals surface area contributed by atoms with E-state index >= 15 is 0 Å². The number of hydrogen-bond donors (Lipinski definition) is 1. The van der Waals surface area contributed by atoms with E-state index in [0.717, 1.165) is 0 Å². The fourth-order valence-corrected chi connectivity index (χ4v) is 2.83. The van der Waals surface area contributed by atoms with Crippen LogP contribution in [0.3, 0.4) is 0 Å². The molecular formula is C17H9Cl2N3O2. The maximum atomic E-state index is 12.6. The first-order valence-corrected chi connectivity index (χ1v) is 7.64. The van der Waals surface area contributed by atoms with Crippen molar-refractivity contribution in [3.8, 4) is 6.07 Å². The number of hydrogen-bond acceptors (Lipinski definition) is 4. The van der Waals surface area contributed by atoms with E-state index in [1.54, 1.807) is 24.3 Å². The SMILES string of the molecule is N#CC(C(=O)c1ccc(Cl)cc1Cl)c1nc2ccccc2c(=O)[nH]1. The molecular weight excluding hydrogens is 349 g/mol. The van der Waals surface area contributed by atoms with Crippen LogP contribution in [0.4, 0.5) is 0 Å². The Balaban J connectivity index is 2.11. The predicted octanol–water partition coefficient (Wildman–Crippen LogP) is 3.72. The van der Waals surface area contributed by atoms with Gasteiger partial charge in [-0.2, -0.15) is 5.26 Å². The van der Waals surface area contributed by atoms with Crippen LogP contribution in [-0.2, 0) is 0 Å². The number of carbonyl (C=O) groups excluding carboxylic acids is 1. The number of carbonyl (C=O) groups is 1. The van der Waals surface area contributed by atoms with Gasteiger partial charge in [0.2, 0.25) is 0 Å². The van der Waals surface area contributed by atoms with Gasteiger partial charge in [0.25, 0.3) is 5.56 Å². The number of para-hydroxylation sites is 1. The molecule has 0 fully saturated rings. The van der Waals surface area contributed by atoms with Gasteiger partial charge in [-0.05, 0) is 30.3 Å². The lowest BCUT2D eigenvalue weighted by molar-refractivity contribution is 0.0976. The van der Waals surface area contributed by atoms with Gasteiger partial charge < -0.3 is 4.98 Å². The minimum Gasteiger partial charge on any atom is -0.308 e. The van der Waals surface area contributed by atoms with Crippen LogP contribution in [-0.4, -0.2) is 15.8 Å². The number of fused-ring (bicyclic) bond motifs is 1. The lowest BCUT2D eigenvalue weighted by Gasteiger charge is -2.10. The number of benzene rings is 2. The van der Waals surface area contributed by atoms with E-state index in [1.807, 2.05) is 6.07 Å². The third-order valence-electron chi connectivity index (χ3n) is 3.49. The van der Waals surface area contributed by atoms with Crippen LogP contribution in [0.25, 0.3) is 10.9 Å². The lowest BCUT2D eigenvalue weighted by atomic mass is 9.98. The van der Waals surface area contributed by atoms with Crippen molar-refractivity contribution >= 4 is 39.9 Å². The van der Waals surface area contributed by atoms with E-state index in [2.05, 4.69) is 9.97 Å². The van der Waals surface area contributed by atoms with Gasteiger partial charge in [0.05, 0.1) is 22.0 Å². The first-order chi connectivity index (χ1) is 11.5. The highest BCUT2D eigenvalue weighted by Crippen LogP contribution is 2.26. The molecule has 0 amide bonds. The van der Waals surface area contributed by atoms with Crippen molar-refractivity contribution in [1.29, 1.82) is 5.26 Å². The molecule has 3 aromatic rings. The summed E-state index contributed by atoms with van der Waals surface area (Å²) in [6.45, 7) is 0. The zero-order valence-corrected chi connectivity index (χ0v) is 13.6. The second kappa shape index (κ2) is 6.44. The van der Waals surface area contributed by atoms with Gasteiger partial charge >= 0.3 is 0 Å². The van der Waals surface area contributed by atoms with Crippen molar-refractivity contribution in [1.82, 2.24) is 9.97 Å². The maximum absolute atomic E-state index is 12.6. The second-order valence-electron chi connectivity index (χ2n) is 5.02.